The van der Waals surface area contributed by atoms with Gasteiger partial charge in [-0.3, -0.25) is 0 Å². The van der Waals surface area contributed by atoms with Crippen molar-refractivity contribution in [3.05, 3.63) is 40.8 Å². The Labute approximate surface area is 183 Å². The fraction of sp³-hybridized carbons (Fsp3) is 0.450. The van der Waals surface area contributed by atoms with Gasteiger partial charge in [0.25, 0.3) is 0 Å². The van der Waals surface area contributed by atoms with Crippen molar-refractivity contribution in [2.24, 2.45) is 11.1 Å². The number of rotatable bonds is 3. The van der Waals surface area contributed by atoms with Crippen molar-refractivity contribution in [1.29, 1.82) is 0 Å². The van der Waals surface area contributed by atoms with E-state index < -0.39 is 0 Å². The number of fused-ring (bicyclic) bond motifs is 1. The molecule has 1 saturated heterocycles. The molecule has 3 aromatic rings. The topological polar surface area (TPSA) is 72.3 Å². The monoisotopic (exact) mass is 448 g/mol. The van der Waals surface area contributed by atoms with Crippen molar-refractivity contribution in [3.63, 3.8) is 0 Å². The van der Waals surface area contributed by atoms with Crippen molar-refractivity contribution < 1.29 is 0 Å². The van der Waals surface area contributed by atoms with Crippen LogP contribution in [0.15, 0.2) is 40.5 Å². The summed E-state index contributed by atoms with van der Waals surface area (Å²) < 4.78 is 1.83. The molecule has 0 radical (unpaired) electrons. The van der Waals surface area contributed by atoms with E-state index in [-0.39, 0.29) is 0 Å². The summed E-state index contributed by atoms with van der Waals surface area (Å²) in [5, 5.41) is 5.51. The third-order valence-electron chi connectivity index (χ3n) is 6.41. The molecule has 0 amide bonds. The van der Waals surface area contributed by atoms with Gasteiger partial charge in [-0.25, -0.2) is 9.97 Å². The lowest BCUT2D eigenvalue weighted by Gasteiger charge is -2.42. The molecule has 6 nitrogen and oxygen atoms in total. The van der Waals surface area contributed by atoms with Crippen molar-refractivity contribution in [3.8, 4) is 0 Å². The normalized spacial score (nSPS) is 21.3. The van der Waals surface area contributed by atoms with Crippen LogP contribution in [0.25, 0.3) is 5.65 Å². The average molecular weight is 449 g/mol. The Bertz CT molecular complexity index is 1050. The second-order valence-corrected chi connectivity index (χ2v) is 9.79. The van der Waals surface area contributed by atoms with Gasteiger partial charge in [-0.2, -0.15) is 9.61 Å². The number of nitrogens with zero attached hydrogens (tertiary/aromatic N) is 5. The van der Waals surface area contributed by atoms with Gasteiger partial charge >= 0.3 is 0 Å². The molecule has 0 unspecified atom stereocenters. The standard InChI is InChI=1S/C20H22Cl2N6S/c21-13-3-1-4-14(17(13)22)29-15-11-24-19(28-18(15)25-12-26-28)27-9-7-20(8-10-27)6-2-5-16(20)23/h1,3-4,11-12,16H,2,5-10,23H2/t16-/m1/s1. The van der Waals surface area contributed by atoms with Crippen molar-refractivity contribution in [2.75, 3.05) is 18.0 Å². The van der Waals surface area contributed by atoms with E-state index in [1.54, 1.807) is 12.4 Å². The first kappa shape index (κ1) is 19.4. The van der Waals surface area contributed by atoms with Crippen molar-refractivity contribution in [2.45, 2.75) is 47.9 Å². The van der Waals surface area contributed by atoms with Gasteiger partial charge in [-0.1, -0.05) is 47.5 Å². The number of halogens is 2. The lowest BCUT2D eigenvalue weighted by molar-refractivity contribution is 0.196. The third-order valence-corrected chi connectivity index (χ3v) is 8.41. The summed E-state index contributed by atoms with van der Waals surface area (Å²) in [6.45, 7) is 1.89. The number of aromatic nitrogens is 4. The van der Waals surface area contributed by atoms with Crippen LogP contribution in [0.4, 0.5) is 5.95 Å². The second-order valence-electron chi connectivity index (χ2n) is 7.92. The molecule has 1 atom stereocenters. The van der Waals surface area contributed by atoms with Gasteiger partial charge in [-0.15, -0.1) is 0 Å². The van der Waals surface area contributed by atoms with Crippen LogP contribution in [0.3, 0.4) is 0 Å². The van der Waals surface area contributed by atoms with Gasteiger partial charge in [0, 0.05) is 30.2 Å². The van der Waals surface area contributed by atoms with Crippen LogP contribution in [0.2, 0.25) is 10.0 Å². The number of hydrogen-bond donors (Lipinski definition) is 1. The molecule has 0 bridgehead atoms. The molecule has 152 valence electrons. The summed E-state index contributed by atoms with van der Waals surface area (Å²) >= 11 is 14.0. The second kappa shape index (κ2) is 7.61. The molecule has 1 saturated carbocycles. The fourth-order valence-electron chi connectivity index (χ4n) is 4.69. The maximum Gasteiger partial charge on any atom is 0.228 e. The van der Waals surface area contributed by atoms with Crippen molar-refractivity contribution >= 4 is 46.6 Å². The molecule has 2 fully saturated rings. The Kier molecular flexibility index (Phi) is 5.10. The molecular weight excluding hydrogens is 427 g/mol. The number of benzene rings is 1. The third kappa shape index (κ3) is 3.38. The van der Waals surface area contributed by atoms with E-state index in [0.29, 0.717) is 21.5 Å². The van der Waals surface area contributed by atoms with Gasteiger partial charge < -0.3 is 10.6 Å². The van der Waals surface area contributed by atoms with Gasteiger partial charge in [-0.05, 0) is 43.2 Å². The molecule has 1 aliphatic heterocycles. The number of anilines is 1. The summed E-state index contributed by atoms with van der Waals surface area (Å²) in [4.78, 5) is 13.3. The predicted octanol–water partition coefficient (Wildman–Crippen LogP) is 4.68. The molecule has 2 N–H and O–H groups in total. The molecule has 2 aromatic heterocycles. The molecule has 1 aliphatic carbocycles. The van der Waals surface area contributed by atoms with Crippen LogP contribution in [0.1, 0.15) is 32.1 Å². The van der Waals surface area contributed by atoms with Crippen LogP contribution in [0, 0.1) is 5.41 Å². The molecular formula is C20H22Cl2N6S. The molecule has 1 spiro atoms. The van der Waals surface area contributed by atoms with Crippen LogP contribution in [0.5, 0.6) is 0 Å². The summed E-state index contributed by atoms with van der Waals surface area (Å²) in [7, 11) is 0. The zero-order valence-corrected chi connectivity index (χ0v) is 18.2. The molecule has 2 aliphatic rings. The lowest BCUT2D eigenvalue weighted by Crippen LogP contribution is -2.47. The van der Waals surface area contributed by atoms with Gasteiger partial charge in [0.05, 0.1) is 14.9 Å². The first-order chi connectivity index (χ1) is 14.1. The first-order valence-corrected chi connectivity index (χ1v) is 11.5. The van der Waals surface area contributed by atoms with Gasteiger partial charge in [0.1, 0.15) is 6.33 Å². The average Bonchev–Trinajstić information content (AvgIpc) is 3.35. The molecule has 5 rings (SSSR count). The zero-order chi connectivity index (χ0) is 20.0. The number of nitrogens with two attached hydrogens (primary N) is 1. The zero-order valence-electron chi connectivity index (χ0n) is 15.9. The molecule has 1 aromatic carbocycles. The molecule has 29 heavy (non-hydrogen) atoms. The van der Waals surface area contributed by atoms with Crippen LogP contribution < -0.4 is 10.6 Å². The van der Waals surface area contributed by atoms with E-state index in [9.17, 15) is 0 Å². The van der Waals surface area contributed by atoms with E-state index >= 15 is 0 Å². The highest BCUT2D eigenvalue weighted by Crippen LogP contribution is 2.46. The summed E-state index contributed by atoms with van der Waals surface area (Å²) in [5.41, 5.74) is 7.52. The highest BCUT2D eigenvalue weighted by Gasteiger charge is 2.43. The summed E-state index contributed by atoms with van der Waals surface area (Å²) in [5.74, 6) is 0.834. The van der Waals surface area contributed by atoms with Gasteiger partial charge in [0.15, 0.2) is 5.65 Å². The highest BCUT2D eigenvalue weighted by molar-refractivity contribution is 7.99. The van der Waals surface area contributed by atoms with Crippen LogP contribution in [-0.4, -0.2) is 38.7 Å². The number of piperidine rings is 1. The van der Waals surface area contributed by atoms with Crippen LogP contribution >= 0.6 is 35.0 Å². The van der Waals surface area contributed by atoms with E-state index in [2.05, 4.69) is 15.0 Å². The van der Waals surface area contributed by atoms with Gasteiger partial charge in [0.2, 0.25) is 5.95 Å². The smallest absolute Gasteiger partial charge is 0.228 e. The van der Waals surface area contributed by atoms with Crippen molar-refractivity contribution in [1.82, 2.24) is 19.6 Å². The lowest BCUT2D eigenvalue weighted by atomic mass is 9.74. The minimum Gasteiger partial charge on any atom is -0.341 e. The summed E-state index contributed by atoms with van der Waals surface area (Å²) in [6, 6.07) is 5.94. The highest BCUT2D eigenvalue weighted by atomic mass is 35.5. The maximum absolute atomic E-state index is 6.43. The van der Waals surface area contributed by atoms with E-state index in [1.807, 2.05) is 22.8 Å². The Morgan fingerprint density at radius 2 is 1.93 bits per heavy atom. The fourth-order valence-corrected chi connectivity index (χ4v) is 6.08. The number of hydrogen-bond acceptors (Lipinski definition) is 6. The maximum atomic E-state index is 6.43. The minimum absolute atomic E-state index is 0.317. The van der Waals surface area contributed by atoms with Crippen LogP contribution in [-0.2, 0) is 0 Å². The SMILES string of the molecule is N[C@@H]1CCCC12CCN(c1ncc(Sc3cccc(Cl)c3Cl)c3ncnn13)CC2. The molecule has 9 heteroatoms. The Balaban J connectivity index is 1.42. The largest absolute Gasteiger partial charge is 0.341 e. The first-order valence-electron chi connectivity index (χ1n) is 9.88. The summed E-state index contributed by atoms with van der Waals surface area (Å²) in [6.07, 6.45) is 9.31. The van der Waals surface area contributed by atoms with E-state index in [0.717, 1.165) is 53.7 Å². The minimum atomic E-state index is 0.317. The quantitative estimate of drug-likeness (QED) is 0.626. The van der Waals surface area contributed by atoms with E-state index in [4.69, 9.17) is 33.9 Å². The van der Waals surface area contributed by atoms with E-state index in [1.165, 1.54) is 24.6 Å². The Hall–Kier alpha value is -1.54. The molecule has 3 heterocycles. The Morgan fingerprint density at radius 1 is 1.10 bits per heavy atom. The predicted molar refractivity (Wildman–Crippen MR) is 117 cm³/mol. The Morgan fingerprint density at radius 3 is 2.69 bits per heavy atom.